The van der Waals surface area contributed by atoms with Gasteiger partial charge in [-0.25, -0.2) is 0 Å². The van der Waals surface area contributed by atoms with Crippen LogP contribution in [-0.2, 0) is 13.2 Å². The van der Waals surface area contributed by atoms with Gasteiger partial charge >= 0.3 is 0 Å². The van der Waals surface area contributed by atoms with Crippen LogP contribution in [0.3, 0.4) is 0 Å². The molecular formula is C27H27N3O3. The van der Waals surface area contributed by atoms with Gasteiger partial charge in [0.05, 0.1) is 12.6 Å². The van der Waals surface area contributed by atoms with Crippen LogP contribution in [0.4, 0.5) is 5.82 Å². The highest BCUT2D eigenvalue weighted by Crippen LogP contribution is 2.25. The molecule has 1 heterocycles. The van der Waals surface area contributed by atoms with Crippen molar-refractivity contribution in [2.45, 2.75) is 33.1 Å². The number of hydrogen-bond acceptors (Lipinski definition) is 4. The van der Waals surface area contributed by atoms with E-state index >= 15 is 0 Å². The number of hydrogen-bond donors (Lipinski definition) is 1. The lowest BCUT2D eigenvalue weighted by Crippen LogP contribution is -2.14. The summed E-state index contributed by atoms with van der Waals surface area (Å²) in [5, 5.41) is 7.33. The average molecular weight is 442 g/mol. The minimum absolute atomic E-state index is 0.0287. The van der Waals surface area contributed by atoms with E-state index in [0.717, 1.165) is 11.1 Å². The Bertz CT molecular complexity index is 1190. The Hall–Kier alpha value is -4.06. The Labute approximate surface area is 193 Å². The van der Waals surface area contributed by atoms with E-state index in [9.17, 15) is 4.79 Å². The summed E-state index contributed by atoms with van der Waals surface area (Å²) in [4.78, 5) is 13.0. The lowest BCUT2D eigenvalue weighted by Gasteiger charge is -2.14. The van der Waals surface area contributed by atoms with Crippen molar-refractivity contribution in [2.75, 3.05) is 5.32 Å². The Morgan fingerprint density at radius 3 is 2.27 bits per heavy atom. The fraction of sp³-hybridized carbons (Fsp3) is 0.185. The number of rotatable bonds is 9. The molecule has 1 N–H and O–H groups in total. The molecule has 0 fully saturated rings. The van der Waals surface area contributed by atoms with Crippen LogP contribution in [0.1, 0.15) is 35.3 Å². The zero-order chi connectivity index (χ0) is 23.0. The first-order chi connectivity index (χ1) is 16.0. The molecule has 0 aliphatic heterocycles. The van der Waals surface area contributed by atoms with E-state index in [1.54, 1.807) is 28.9 Å². The summed E-state index contributed by atoms with van der Waals surface area (Å²) in [5.74, 6) is 1.35. The fourth-order valence-electron chi connectivity index (χ4n) is 3.34. The van der Waals surface area contributed by atoms with Crippen molar-refractivity contribution in [2.24, 2.45) is 0 Å². The Morgan fingerprint density at radius 2 is 1.58 bits per heavy atom. The molecule has 0 atom stereocenters. The molecule has 0 saturated carbocycles. The lowest BCUT2D eigenvalue weighted by atomic mass is 10.2. The number of ether oxygens (including phenoxy) is 2. The van der Waals surface area contributed by atoms with Crippen molar-refractivity contribution >= 4 is 11.7 Å². The van der Waals surface area contributed by atoms with E-state index in [1.807, 2.05) is 80.7 Å². The molecule has 1 amide bonds. The van der Waals surface area contributed by atoms with Gasteiger partial charge in [0.15, 0.2) is 5.82 Å². The molecule has 6 nitrogen and oxygen atoms in total. The van der Waals surface area contributed by atoms with Gasteiger partial charge in [-0.15, -0.1) is 0 Å². The minimum atomic E-state index is -0.279. The zero-order valence-corrected chi connectivity index (χ0v) is 18.8. The lowest BCUT2D eigenvalue weighted by molar-refractivity contribution is 0.102. The molecule has 4 aromatic rings. The highest BCUT2D eigenvalue weighted by Gasteiger charge is 2.13. The van der Waals surface area contributed by atoms with Crippen molar-refractivity contribution in [1.29, 1.82) is 0 Å². The largest absolute Gasteiger partial charge is 0.491 e. The van der Waals surface area contributed by atoms with Crippen LogP contribution in [0.25, 0.3) is 0 Å². The van der Waals surface area contributed by atoms with Gasteiger partial charge in [-0.3, -0.25) is 9.48 Å². The van der Waals surface area contributed by atoms with Crippen molar-refractivity contribution in [1.82, 2.24) is 9.78 Å². The van der Waals surface area contributed by atoms with Gasteiger partial charge in [-0.2, -0.15) is 5.10 Å². The summed E-state index contributed by atoms with van der Waals surface area (Å²) in [5.41, 5.74) is 2.62. The van der Waals surface area contributed by atoms with E-state index in [1.165, 1.54) is 0 Å². The molecule has 0 bridgehead atoms. The maximum Gasteiger partial charge on any atom is 0.257 e. The van der Waals surface area contributed by atoms with Crippen molar-refractivity contribution in [3.05, 3.63) is 108 Å². The zero-order valence-electron chi connectivity index (χ0n) is 18.8. The number of nitrogens with one attached hydrogen (secondary N) is 1. The first kappa shape index (κ1) is 22.1. The molecule has 0 saturated heterocycles. The van der Waals surface area contributed by atoms with Crippen LogP contribution < -0.4 is 14.8 Å². The molecule has 0 spiro atoms. The number of carbonyl (C=O) groups is 1. The van der Waals surface area contributed by atoms with E-state index in [-0.39, 0.29) is 12.0 Å². The van der Waals surface area contributed by atoms with Crippen LogP contribution in [0.15, 0.2) is 91.1 Å². The van der Waals surface area contributed by atoms with Gasteiger partial charge in [0.1, 0.15) is 18.1 Å². The minimum Gasteiger partial charge on any atom is -0.491 e. The van der Waals surface area contributed by atoms with E-state index in [2.05, 4.69) is 10.4 Å². The smallest absolute Gasteiger partial charge is 0.257 e. The molecule has 0 radical (unpaired) electrons. The predicted octanol–water partition coefficient (Wildman–Crippen LogP) is 5.55. The summed E-state index contributed by atoms with van der Waals surface area (Å²) in [6, 6.07) is 26.9. The molecule has 33 heavy (non-hydrogen) atoms. The van der Waals surface area contributed by atoms with Gasteiger partial charge in [-0.05, 0) is 37.1 Å². The third-order valence-electron chi connectivity index (χ3n) is 4.83. The summed E-state index contributed by atoms with van der Waals surface area (Å²) in [6.45, 7) is 4.91. The maximum absolute atomic E-state index is 13.0. The molecule has 1 aromatic heterocycles. The van der Waals surface area contributed by atoms with Crippen molar-refractivity contribution in [3.63, 3.8) is 0 Å². The van der Waals surface area contributed by atoms with Gasteiger partial charge in [0.2, 0.25) is 0 Å². The molecule has 4 rings (SSSR count). The highest BCUT2D eigenvalue weighted by atomic mass is 16.5. The second-order valence-electron chi connectivity index (χ2n) is 7.97. The number of carbonyl (C=O) groups excluding carboxylic acids is 1. The number of aromatic nitrogens is 2. The third-order valence-corrected chi connectivity index (χ3v) is 4.83. The first-order valence-electron chi connectivity index (χ1n) is 10.9. The second-order valence-corrected chi connectivity index (χ2v) is 7.97. The summed E-state index contributed by atoms with van der Waals surface area (Å²) >= 11 is 0. The Kier molecular flexibility index (Phi) is 7.05. The van der Waals surface area contributed by atoms with Crippen LogP contribution in [0.2, 0.25) is 0 Å². The van der Waals surface area contributed by atoms with E-state index in [0.29, 0.717) is 36.0 Å². The molecule has 0 unspecified atom stereocenters. The average Bonchev–Trinajstić information content (AvgIpc) is 3.25. The van der Waals surface area contributed by atoms with Crippen LogP contribution in [0, 0.1) is 0 Å². The molecule has 168 valence electrons. The first-order valence-corrected chi connectivity index (χ1v) is 10.9. The molecular weight excluding hydrogens is 414 g/mol. The topological polar surface area (TPSA) is 65.4 Å². The van der Waals surface area contributed by atoms with Crippen LogP contribution in [0.5, 0.6) is 11.5 Å². The van der Waals surface area contributed by atoms with E-state index < -0.39 is 0 Å². The quantitative estimate of drug-likeness (QED) is 0.370. The second kappa shape index (κ2) is 10.5. The standard InChI is InChI=1S/C27H27N3O3/c1-20(2)33-25-16-23(15-24(17-25)32-19-22-11-7-4-8-12-22)27(31)28-26-13-14-30(29-26)18-21-9-5-3-6-10-21/h3-17,20H,18-19H2,1-2H3,(H,28,29,31). The number of nitrogens with zero attached hydrogens (tertiary/aromatic N) is 2. The van der Waals surface area contributed by atoms with Crippen LogP contribution >= 0.6 is 0 Å². The summed E-state index contributed by atoms with van der Waals surface area (Å²) < 4.78 is 13.6. The highest BCUT2D eigenvalue weighted by molar-refractivity contribution is 6.04. The number of benzene rings is 3. The third kappa shape index (κ3) is 6.46. The monoisotopic (exact) mass is 441 g/mol. The van der Waals surface area contributed by atoms with Crippen LogP contribution in [-0.4, -0.2) is 21.8 Å². The molecule has 6 heteroatoms. The molecule has 0 aliphatic rings. The maximum atomic E-state index is 13.0. The van der Waals surface area contributed by atoms with Gasteiger partial charge < -0.3 is 14.8 Å². The predicted molar refractivity (Wildman–Crippen MR) is 129 cm³/mol. The molecule has 0 aliphatic carbocycles. The number of anilines is 1. The normalized spacial score (nSPS) is 10.8. The summed E-state index contributed by atoms with van der Waals surface area (Å²) in [6.07, 6.45) is 1.81. The van der Waals surface area contributed by atoms with Crippen molar-refractivity contribution in [3.8, 4) is 11.5 Å². The van der Waals surface area contributed by atoms with Gasteiger partial charge in [0.25, 0.3) is 5.91 Å². The molecule has 3 aromatic carbocycles. The summed E-state index contributed by atoms with van der Waals surface area (Å²) in [7, 11) is 0. The fourth-order valence-corrected chi connectivity index (χ4v) is 3.34. The van der Waals surface area contributed by atoms with Gasteiger partial charge in [0, 0.05) is 23.9 Å². The van der Waals surface area contributed by atoms with Gasteiger partial charge in [-0.1, -0.05) is 60.7 Å². The SMILES string of the molecule is CC(C)Oc1cc(OCc2ccccc2)cc(C(=O)Nc2ccn(Cc3ccccc3)n2)c1. The Balaban J connectivity index is 1.47. The van der Waals surface area contributed by atoms with Crippen molar-refractivity contribution < 1.29 is 14.3 Å². The Morgan fingerprint density at radius 1 is 0.909 bits per heavy atom. The number of amides is 1. The van der Waals surface area contributed by atoms with E-state index in [4.69, 9.17) is 9.47 Å².